The number of hydrogen-bond acceptors (Lipinski definition) is 9. The van der Waals surface area contributed by atoms with Crippen LogP contribution in [-0.2, 0) is 18.4 Å². The molecule has 3 heterocycles. The van der Waals surface area contributed by atoms with Gasteiger partial charge in [-0.1, -0.05) is 12.8 Å². The molecule has 2 aromatic rings. The average Bonchev–Trinajstić information content (AvgIpc) is 3.40. The summed E-state index contributed by atoms with van der Waals surface area (Å²) in [5, 5.41) is 28.4. The van der Waals surface area contributed by atoms with E-state index in [1.165, 1.54) is 4.52 Å². The summed E-state index contributed by atoms with van der Waals surface area (Å²) in [4.78, 5) is 31.7. The molecule has 33 heavy (non-hydrogen) atoms. The first-order valence-electron chi connectivity index (χ1n) is 10.3. The molecule has 16 heteroatoms. The molecular formula is C17H25ClN4O9P2. The molecule has 0 amide bonds. The van der Waals surface area contributed by atoms with Gasteiger partial charge in [-0.3, -0.25) is 9.13 Å². The zero-order valence-electron chi connectivity index (χ0n) is 17.3. The third kappa shape index (κ3) is 5.76. The molecule has 4 rings (SSSR count). The molecule has 0 radical (unpaired) electrons. The van der Waals surface area contributed by atoms with Crippen LogP contribution in [-0.4, -0.2) is 76.4 Å². The van der Waals surface area contributed by atoms with Gasteiger partial charge >= 0.3 is 15.2 Å². The highest BCUT2D eigenvalue weighted by Crippen LogP contribution is 2.55. The van der Waals surface area contributed by atoms with Crippen molar-refractivity contribution < 1.29 is 43.3 Å². The quantitative estimate of drug-likeness (QED) is 0.270. The van der Waals surface area contributed by atoms with Gasteiger partial charge in [-0.15, -0.1) is 5.10 Å². The molecule has 2 fully saturated rings. The maximum Gasteiger partial charge on any atom is 0.340 e. The second-order valence-electron chi connectivity index (χ2n) is 8.23. The van der Waals surface area contributed by atoms with Crippen molar-refractivity contribution in [2.24, 2.45) is 0 Å². The maximum atomic E-state index is 11.9. The molecule has 2 aliphatic rings. The van der Waals surface area contributed by atoms with Gasteiger partial charge in [0.15, 0.2) is 11.7 Å². The van der Waals surface area contributed by atoms with Crippen molar-refractivity contribution in [3.8, 4) is 0 Å². The molecular weight excluding hydrogens is 502 g/mol. The van der Waals surface area contributed by atoms with E-state index in [0.717, 1.165) is 25.7 Å². The maximum absolute atomic E-state index is 11.9. The fourth-order valence-corrected chi connectivity index (χ4v) is 6.90. The SMILES string of the molecule is O=P(O)(O)CP(=O)(O)OC[C@H]1O[C@@H](c2ccc3c(NC4CCCC4)nc(Cl)nn23)[C@H](O)[C@@H]1O. The van der Waals surface area contributed by atoms with E-state index >= 15 is 0 Å². The number of aliphatic hydroxyl groups excluding tert-OH is 2. The van der Waals surface area contributed by atoms with Crippen LogP contribution < -0.4 is 5.32 Å². The van der Waals surface area contributed by atoms with Crippen molar-refractivity contribution in [2.75, 3.05) is 17.8 Å². The Morgan fingerprint density at radius 2 is 1.88 bits per heavy atom. The van der Waals surface area contributed by atoms with Crippen LogP contribution in [0.5, 0.6) is 0 Å². The lowest BCUT2D eigenvalue weighted by Crippen LogP contribution is -2.33. The Balaban J connectivity index is 1.53. The number of hydrogen-bond donors (Lipinski definition) is 6. The Bertz CT molecular complexity index is 1110. The Morgan fingerprint density at radius 1 is 1.18 bits per heavy atom. The lowest BCUT2D eigenvalue weighted by atomic mass is 10.1. The molecule has 13 nitrogen and oxygen atoms in total. The highest BCUT2D eigenvalue weighted by molar-refractivity contribution is 7.70. The van der Waals surface area contributed by atoms with E-state index < -0.39 is 52.1 Å². The minimum atomic E-state index is -4.80. The first kappa shape index (κ1) is 25.0. The van der Waals surface area contributed by atoms with E-state index in [-0.39, 0.29) is 11.3 Å². The number of nitrogens with one attached hydrogen (secondary N) is 1. The largest absolute Gasteiger partial charge is 0.387 e. The number of rotatable bonds is 8. The molecule has 2 aromatic heterocycles. The standard InChI is InChI=1S/C17H25ClN4O9P2/c18-17-20-16(19-9-3-1-2-4-9)11-6-5-10(22(11)21-17)15-14(24)13(23)12(31-15)7-30-33(28,29)8-32(25,26)27/h5-6,9,12-15,23-24H,1-4,7-8H2,(H,28,29)(H,19,20,21)(H2,25,26,27)/t12-,13-,14-,15+/m1/s1. The number of anilines is 1. The number of ether oxygens (including phenoxy) is 1. The second-order valence-corrected chi connectivity index (χ2v) is 12.6. The van der Waals surface area contributed by atoms with Crippen molar-refractivity contribution in [2.45, 2.75) is 56.1 Å². The van der Waals surface area contributed by atoms with Crippen LogP contribution in [0.4, 0.5) is 5.82 Å². The van der Waals surface area contributed by atoms with E-state index in [1.807, 2.05) is 0 Å². The van der Waals surface area contributed by atoms with Crippen LogP contribution in [0.3, 0.4) is 0 Å². The summed E-state index contributed by atoms with van der Waals surface area (Å²) >= 11 is 6.11. The summed E-state index contributed by atoms with van der Waals surface area (Å²) in [5.41, 5.74) is 0.952. The topological polar surface area (TPSA) is 196 Å². The summed E-state index contributed by atoms with van der Waals surface area (Å²) in [6.07, 6.45) is -0.982. The van der Waals surface area contributed by atoms with Crippen molar-refractivity contribution in [1.29, 1.82) is 0 Å². The van der Waals surface area contributed by atoms with Crippen molar-refractivity contribution in [3.05, 3.63) is 23.1 Å². The van der Waals surface area contributed by atoms with E-state index in [2.05, 4.69) is 15.4 Å². The van der Waals surface area contributed by atoms with Gasteiger partial charge in [0.25, 0.3) is 0 Å². The van der Waals surface area contributed by atoms with E-state index in [4.69, 9.17) is 30.6 Å². The zero-order chi connectivity index (χ0) is 24.0. The second kappa shape index (κ2) is 9.50. The number of fused-ring (bicyclic) bond motifs is 1. The summed E-state index contributed by atoms with van der Waals surface area (Å²) in [6.45, 7) is -0.671. The van der Waals surface area contributed by atoms with Gasteiger partial charge in [0.2, 0.25) is 5.28 Å². The lowest BCUT2D eigenvalue weighted by Gasteiger charge is -2.18. The van der Waals surface area contributed by atoms with Gasteiger partial charge < -0.3 is 39.5 Å². The third-order valence-corrected chi connectivity index (χ3v) is 9.28. The lowest BCUT2D eigenvalue weighted by molar-refractivity contribution is -0.0203. The molecule has 1 unspecified atom stereocenters. The number of nitrogens with zero attached hydrogens (tertiary/aromatic N) is 3. The molecule has 0 bridgehead atoms. The van der Waals surface area contributed by atoms with Crippen LogP contribution in [0.2, 0.25) is 5.28 Å². The Kier molecular flexibility index (Phi) is 7.20. The van der Waals surface area contributed by atoms with Gasteiger partial charge in [0.05, 0.1) is 12.3 Å². The highest BCUT2D eigenvalue weighted by Gasteiger charge is 2.46. The normalized spacial score (nSPS) is 28.4. The van der Waals surface area contributed by atoms with Crippen LogP contribution >= 0.6 is 26.8 Å². The minimum absolute atomic E-state index is 0.0352. The first-order valence-corrected chi connectivity index (χ1v) is 14.2. The van der Waals surface area contributed by atoms with Gasteiger partial charge in [-0.2, -0.15) is 4.98 Å². The van der Waals surface area contributed by atoms with Gasteiger partial charge in [-0.05, 0) is 36.6 Å². The molecule has 6 N–H and O–H groups in total. The molecule has 1 saturated carbocycles. The molecule has 184 valence electrons. The fourth-order valence-electron chi connectivity index (χ4n) is 4.17. The van der Waals surface area contributed by atoms with Crippen LogP contribution in [0.15, 0.2) is 12.1 Å². The van der Waals surface area contributed by atoms with Crippen molar-refractivity contribution in [3.63, 3.8) is 0 Å². The van der Waals surface area contributed by atoms with Crippen molar-refractivity contribution >= 4 is 38.1 Å². The van der Waals surface area contributed by atoms with Crippen LogP contribution in [0.1, 0.15) is 37.5 Å². The van der Waals surface area contributed by atoms with Gasteiger partial charge in [0, 0.05) is 6.04 Å². The smallest absolute Gasteiger partial charge is 0.340 e. The number of aliphatic hydroxyl groups is 2. The van der Waals surface area contributed by atoms with Crippen molar-refractivity contribution in [1.82, 2.24) is 14.6 Å². The third-order valence-electron chi connectivity index (χ3n) is 5.67. The molecule has 1 aliphatic heterocycles. The highest BCUT2D eigenvalue weighted by atomic mass is 35.5. The Morgan fingerprint density at radius 3 is 2.55 bits per heavy atom. The Hall–Kier alpha value is -1.11. The Labute approximate surface area is 193 Å². The van der Waals surface area contributed by atoms with Crippen LogP contribution in [0, 0.1) is 0 Å². The number of aromatic nitrogens is 3. The summed E-state index contributed by atoms with van der Waals surface area (Å²) in [6, 6.07) is 3.61. The van der Waals surface area contributed by atoms with Gasteiger partial charge in [-0.25, -0.2) is 4.52 Å². The fraction of sp³-hybridized carbons (Fsp3) is 0.647. The summed E-state index contributed by atoms with van der Waals surface area (Å²) < 4.78 is 34.7. The molecule has 1 aliphatic carbocycles. The van der Waals surface area contributed by atoms with E-state index in [9.17, 15) is 24.2 Å². The van der Waals surface area contributed by atoms with E-state index in [1.54, 1.807) is 12.1 Å². The molecule has 0 aromatic carbocycles. The summed E-state index contributed by atoms with van der Waals surface area (Å²) in [5.74, 6) is -0.843. The monoisotopic (exact) mass is 526 g/mol. The molecule has 0 spiro atoms. The molecule has 1 saturated heterocycles. The van der Waals surface area contributed by atoms with Gasteiger partial charge in [0.1, 0.15) is 29.9 Å². The zero-order valence-corrected chi connectivity index (χ0v) is 19.8. The predicted molar refractivity (Wildman–Crippen MR) is 116 cm³/mol. The predicted octanol–water partition coefficient (Wildman–Crippen LogP) is 1.24. The molecule has 5 atom stereocenters. The van der Waals surface area contributed by atoms with E-state index in [0.29, 0.717) is 17.0 Å². The first-order chi connectivity index (χ1) is 15.4. The average molecular weight is 527 g/mol. The van der Waals surface area contributed by atoms with Crippen LogP contribution in [0.25, 0.3) is 5.52 Å². The summed E-state index contributed by atoms with van der Waals surface area (Å²) in [7, 11) is -9.45. The minimum Gasteiger partial charge on any atom is -0.387 e. The number of halogens is 1.